The van der Waals surface area contributed by atoms with Crippen molar-refractivity contribution < 1.29 is 28.7 Å². The third kappa shape index (κ3) is 3.89. The lowest BCUT2D eigenvalue weighted by molar-refractivity contribution is -0.136. The third-order valence-electron chi connectivity index (χ3n) is 4.49. The van der Waals surface area contributed by atoms with Gasteiger partial charge in [-0.1, -0.05) is 12.6 Å². The second kappa shape index (κ2) is 8.66. The van der Waals surface area contributed by atoms with Crippen LogP contribution in [0, 0.1) is 0 Å². The van der Waals surface area contributed by atoms with Gasteiger partial charge in [0.15, 0.2) is 0 Å². The van der Waals surface area contributed by atoms with Crippen molar-refractivity contribution in [1.29, 1.82) is 0 Å². The van der Waals surface area contributed by atoms with E-state index < -0.39 is 29.7 Å². The molecule has 0 aliphatic carbocycles. The molecule has 2 N–H and O–H groups in total. The van der Waals surface area contributed by atoms with Crippen LogP contribution in [0.25, 0.3) is 0 Å². The average molecular weight is 387 g/mol. The number of ether oxygens (including phenoxy) is 2. The van der Waals surface area contributed by atoms with Gasteiger partial charge in [-0.3, -0.25) is 29.4 Å². The van der Waals surface area contributed by atoms with Gasteiger partial charge in [-0.2, -0.15) is 0 Å². The molecule has 0 radical (unpaired) electrons. The number of piperidine rings is 1. The van der Waals surface area contributed by atoms with E-state index in [-0.39, 0.29) is 24.0 Å². The van der Waals surface area contributed by atoms with Crippen molar-refractivity contribution in [2.75, 3.05) is 31.7 Å². The van der Waals surface area contributed by atoms with Gasteiger partial charge in [0.25, 0.3) is 11.8 Å². The Labute approximate surface area is 161 Å². The largest absolute Gasteiger partial charge is 0.499 e. The van der Waals surface area contributed by atoms with E-state index in [1.165, 1.54) is 6.26 Å². The van der Waals surface area contributed by atoms with Gasteiger partial charge >= 0.3 is 0 Å². The number of carbonyl (C=O) groups is 4. The Morgan fingerprint density at radius 1 is 1.18 bits per heavy atom. The number of nitrogens with one attached hydrogen (secondary N) is 2. The Morgan fingerprint density at radius 3 is 2.75 bits per heavy atom. The number of amides is 4. The van der Waals surface area contributed by atoms with Gasteiger partial charge < -0.3 is 14.8 Å². The van der Waals surface area contributed by atoms with Crippen LogP contribution in [0.5, 0.6) is 0 Å². The molecule has 4 amide bonds. The van der Waals surface area contributed by atoms with Crippen LogP contribution in [0.2, 0.25) is 0 Å². The molecule has 0 bridgehead atoms. The summed E-state index contributed by atoms with van der Waals surface area (Å²) in [5.41, 5.74) is 0.962. The van der Waals surface area contributed by atoms with Crippen LogP contribution in [-0.2, 0) is 19.1 Å². The quantitative estimate of drug-likeness (QED) is 0.364. The molecule has 0 spiro atoms. The molecule has 2 heterocycles. The van der Waals surface area contributed by atoms with E-state index in [4.69, 9.17) is 9.47 Å². The van der Waals surface area contributed by atoms with Gasteiger partial charge in [-0.15, -0.1) is 0 Å². The topological polar surface area (TPSA) is 114 Å². The first-order valence-corrected chi connectivity index (χ1v) is 8.93. The molecule has 28 heavy (non-hydrogen) atoms. The minimum atomic E-state index is -0.980. The number of benzene rings is 1. The maximum absolute atomic E-state index is 12.9. The number of rotatable bonds is 9. The van der Waals surface area contributed by atoms with Crippen LogP contribution in [0.15, 0.2) is 31.0 Å². The van der Waals surface area contributed by atoms with E-state index in [9.17, 15) is 19.2 Å². The van der Waals surface area contributed by atoms with Crippen LogP contribution < -0.4 is 10.6 Å². The fourth-order valence-corrected chi connectivity index (χ4v) is 3.21. The molecule has 1 atom stereocenters. The predicted octanol–water partition coefficient (Wildman–Crippen LogP) is 0.676. The summed E-state index contributed by atoms with van der Waals surface area (Å²) in [6.45, 7) is 5.04. The molecule has 2 aliphatic rings. The van der Waals surface area contributed by atoms with Crippen molar-refractivity contribution in [1.82, 2.24) is 10.2 Å². The fraction of sp³-hybridized carbons (Fsp3) is 0.368. The van der Waals surface area contributed by atoms with Crippen LogP contribution in [0.1, 0.15) is 33.6 Å². The van der Waals surface area contributed by atoms with E-state index in [2.05, 4.69) is 17.2 Å². The highest BCUT2D eigenvalue weighted by atomic mass is 16.5. The summed E-state index contributed by atoms with van der Waals surface area (Å²) in [5.74, 6) is -2.11. The normalized spacial score (nSPS) is 18.7. The molecule has 1 unspecified atom stereocenters. The zero-order chi connectivity index (χ0) is 20.1. The van der Waals surface area contributed by atoms with Gasteiger partial charge in [0.05, 0.1) is 30.6 Å². The zero-order valence-electron chi connectivity index (χ0n) is 15.2. The van der Waals surface area contributed by atoms with Crippen molar-refractivity contribution >= 4 is 29.3 Å². The summed E-state index contributed by atoms with van der Waals surface area (Å²) in [6, 6.07) is 3.93. The van der Waals surface area contributed by atoms with E-state index in [0.717, 1.165) is 4.90 Å². The van der Waals surface area contributed by atoms with Crippen LogP contribution in [0.4, 0.5) is 5.69 Å². The Morgan fingerprint density at radius 2 is 2.00 bits per heavy atom. The summed E-state index contributed by atoms with van der Waals surface area (Å²) >= 11 is 0. The first kappa shape index (κ1) is 19.6. The minimum absolute atomic E-state index is 0.0851. The number of hydrogen-bond acceptors (Lipinski definition) is 7. The number of anilines is 1. The molecule has 1 saturated heterocycles. The van der Waals surface area contributed by atoms with E-state index in [0.29, 0.717) is 32.1 Å². The van der Waals surface area contributed by atoms with Gasteiger partial charge in [-0.05, 0) is 18.6 Å². The van der Waals surface area contributed by atoms with Crippen molar-refractivity contribution in [2.45, 2.75) is 18.9 Å². The molecule has 2 aliphatic heterocycles. The summed E-state index contributed by atoms with van der Waals surface area (Å²) in [4.78, 5) is 50.0. The standard InChI is InChI=1S/C19H21N3O6/c1-2-27-10-11-28-9-8-20-13-5-3-4-12-16(13)19(26)22(18(12)25)14-6-7-15(23)21-17(14)24/h2-5,14,20H,1,6-11H2,(H,21,23,24). The molecule has 9 heteroatoms. The Kier molecular flexibility index (Phi) is 6.05. The van der Waals surface area contributed by atoms with Crippen molar-refractivity contribution in [3.63, 3.8) is 0 Å². The highest BCUT2D eigenvalue weighted by Crippen LogP contribution is 2.32. The molecule has 9 nitrogen and oxygen atoms in total. The molecule has 3 rings (SSSR count). The Balaban J connectivity index is 1.67. The van der Waals surface area contributed by atoms with Crippen LogP contribution in [0.3, 0.4) is 0 Å². The second-order valence-electron chi connectivity index (χ2n) is 6.25. The molecule has 1 aromatic carbocycles. The van der Waals surface area contributed by atoms with E-state index >= 15 is 0 Å². The summed E-state index contributed by atoms with van der Waals surface area (Å²) < 4.78 is 10.3. The predicted molar refractivity (Wildman–Crippen MR) is 98.6 cm³/mol. The lowest BCUT2D eigenvalue weighted by atomic mass is 10.0. The van der Waals surface area contributed by atoms with Crippen LogP contribution >= 0.6 is 0 Å². The zero-order valence-corrected chi connectivity index (χ0v) is 15.2. The summed E-state index contributed by atoms with van der Waals surface area (Å²) in [6.07, 6.45) is 1.55. The maximum Gasteiger partial charge on any atom is 0.264 e. The molecule has 0 aromatic heterocycles. The number of hydrogen-bond donors (Lipinski definition) is 2. The van der Waals surface area contributed by atoms with Crippen LogP contribution in [-0.4, -0.2) is 60.9 Å². The van der Waals surface area contributed by atoms with E-state index in [1.54, 1.807) is 18.2 Å². The molecule has 0 saturated carbocycles. The number of nitrogens with zero attached hydrogens (tertiary/aromatic N) is 1. The smallest absolute Gasteiger partial charge is 0.264 e. The van der Waals surface area contributed by atoms with Crippen molar-refractivity contribution in [2.24, 2.45) is 0 Å². The lowest BCUT2D eigenvalue weighted by Gasteiger charge is -2.27. The molecular weight excluding hydrogens is 366 g/mol. The Hall–Kier alpha value is -3.20. The maximum atomic E-state index is 12.9. The van der Waals surface area contributed by atoms with Crippen molar-refractivity contribution in [3.8, 4) is 0 Å². The van der Waals surface area contributed by atoms with Gasteiger partial charge in [-0.25, -0.2) is 0 Å². The minimum Gasteiger partial charge on any atom is -0.499 e. The highest BCUT2D eigenvalue weighted by molar-refractivity contribution is 6.25. The first-order valence-electron chi connectivity index (χ1n) is 8.93. The number of imide groups is 2. The SMILES string of the molecule is C=COCCOCCNc1cccc2c1C(=O)N(C1CCC(=O)NC1=O)C2=O. The van der Waals surface area contributed by atoms with Gasteiger partial charge in [0, 0.05) is 18.7 Å². The fourth-order valence-electron chi connectivity index (χ4n) is 3.21. The van der Waals surface area contributed by atoms with Gasteiger partial charge in [0.1, 0.15) is 12.6 Å². The molecule has 148 valence electrons. The third-order valence-corrected chi connectivity index (χ3v) is 4.49. The molecule has 1 aromatic rings. The van der Waals surface area contributed by atoms with E-state index in [1.807, 2.05) is 0 Å². The molecule has 1 fully saturated rings. The second-order valence-corrected chi connectivity index (χ2v) is 6.25. The van der Waals surface area contributed by atoms with Gasteiger partial charge in [0.2, 0.25) is 11.8 Å². The average Bonchev–Trinajstić information content (AvgIpc) is 2.93. The number of fused-ring (bicyclic) bond motifs is 1. The summed E-state index contributed by atoms with van der Waals surface area (Å²) in [7, 11) is 0. The molecular formula is C19H21N3O6. The van der Waals surface area contributed by atoms with Crippen molar-refractivity contribution in [3.05, 3.63) is 42.2 Å². The first-order chi connectivity index (χ1) is 13.5. The number of carbonyl (C=O) groups excluding carboxylic acids is 4. The summed E-state index contributed by atoms with van der Waals surface area (Å²) in [5, 5.41) is 5.27. The monoisotopic (exact) mass is 387 g/mol. The lowest BCUT2D eigenvalue weighted by Crippen LogP contribution is -2.54. The Bertz CT molecular complexity index is 822. The highest BCUT2D eigenvalue weighted by Gasteiger charge is 2.45.